The largest absolute Gasteiger partial charge is 0.497 e. The summed E-state index contributed by atoms with van der Waals surface area (Å²) in [5.74, 6) is 2.57. The Balaban J connectivity index is 1.51. The van der Waals surface area contributed by atoms with Crippen LogP contribution in [0, 0.1) is 0 Å². The van der Waals surface area contributed by atoms with E-state index in [4.69, 9.17) is 18.9 Å². The fourth-order valence-corrected chi connectivity index (χ4v) is 4.36. The Bertz CT molecular complexity index is 1070. The summed E-state index contributed by atoms with van der Waals surface area (Å²) in [7, 11) is 4.73. The Hall–Kier alpha value is -3.47. The highest BCUT2D eigenvalue weighted by molar-refractivity contribution is 5.89. The molecule has 0 N–H and O–H groups in total. The topological polar surface area (TPSA) is 54.0 Å². The Morgan fingerprint density at radius 3 is 2.28 bits per heavy atom. The number of esters is 1. The number of methoxy groups -OCH3 is 3. The SMILES string of the molecule is COC(=O)c1ccc(COc2cccc3c2C(Cc2cc(OC)cc(OC)c2)CC3)cc1. The second-order valence-electron chi connectivity index (χ2n) is 7.97. The van der Waals surface area contributed by atoms with E-state index in [1.54, 1.807) is 26.4 Å². The third-order valence-electron chi connectivity index (χ3n) is 5.99. The molecule has 0 heterocycles. The molecule has 1 unspecified atom stereocenters. The fraction of sp³-hybridized carbons (Fsp3) is 0.296. The maximum atomic E-state index is 11.6. The summed E-state index contributed by atoms with van der Waals surface area (Å²) in [5.41, 5.74) is 5.36. The minimum absolute atomic E-state index is 0.338. The Labute approximate surface area is 188 Å². The smallest absolute Gasteiger partial charge is 0.337 e. The number of fused-ring (bicyclic) bond motifs is 1. The lowest BCUT2D eigenvalue weighted by atomic mass is 9.92. The van der Waals surface area contributed by atoms with Crippen LogP contribution in [0.25, 0.3) is 0 Å². The molecule has 0 amide bonds. The van der Waals surface area contributed by atoms with Crippen molar-refractivity contribution in [3.8, 4) is 17.2 Å². The molecule has 5 heteroatoms. The van der Waals surface area contributed by atoms with Crippen LogP contribution in [-0.2, 0) is 24.2 Å². The fourth-order valence-electron chi connectivity index (χ4n) is 4.36. The molecule has 32 heavy (non-hydrogen) atoms. The molecule has 3 aromatic rings. The van der Waals surface area contributed by atoms with Gasteiger partial charge in [0.25, 0.3) is 0 Å². The van der Waals surface area contributed by atoms with Gasteiger partial charge in [-0.2, -0.15) is 0 Å². The van der Waals surface area contributed by atoms with Crippen molar-refractivity contribution in [2.45, 2.75) is 31.8 Å². The van der Waals surface area contributed by atoms with Crippen LogP contribution in [0.1, 0.15) is 45.0 Å². The molecule has 0 bridgehead atoms. The number of carbonyl (C=O) groups is 1. The van der Waals surface area contributed by atoms with Gasteiger partial charge in [0.05, 0.1) is 26.9 Å². The van der Waals surface area contributed by atoms with Gasteiger partial charge in [-0.15, -0.1) is 0 Å². The lowest BCUT2D eigenvalue weighted by molar-refractivity contribution is 0.0600. The van der Waals surface area contributed by atoms with Gasteiger partial charge >= 0.3 is 5.97 Å². The molecule has 4 rings (SSSR count). The van der Waals surface area contributed by atoms with E-state index in [1.807, 2.05) is 24.3 Å². The molecule has 0 aliphatic heterocycles. The lowest BCUT2D eigenvalue weighted by Gasteiger charge is -2.18. The number of hydrogen-bond donors (Lipinski definition) is 0. The standard InChI is InChI=1S/C27H28O5/c1-29-23-14-19(15-24(16-23)30-2)13-22-12-11-20-5-4-6-25(26(20)22)32-17-18-7-9-21(10-8-18)27(28)31-3/h4-10,14-16,22H,11-13,17H2,1-3H3. The number of hydrogen-bond acceptors (Lipinski definition) is 5. The van der Waals surface area contributed by atoms with Gasteiger partial charge in [0.1, 0.15) is 23.9 Å². The van der Waals surface area contributed by atoms with Crippen molar-refractivity contribution in [3.05, 3.63) is 88.5 Å². The van der Waals surface area contributed by atoms with Crippen molar-refractivity contribution >= 4 is 5.97 Å². The van der Waals surface area contributed by atoms with E-state index in [-0.39, 0.29) is 5.97 Å². The number of benzene rings is 3. The van der Waals surface area contributed by atoms with Crippen LogP contribution < -0.4 is 14.2 Å². The molecular formula is C27H28O5. The van der Waals surface area contributed by atoms with E-state index in [1.165, 1.54) is 23.8 Å². The molecule has 1 aliphatic carbocycles. The molecule has 0 spiro atoms. The summed E-state index contributed by atoms with van der Waals surface area (Å²) in [6, 6.07) is 19.7. The second kappa shape index (κ2) is 9.77. The van der Waals surface area contributed by atoms with Gasteiger partial charge in [0.15, 0.2) is 0 Å². The summed E-state index contributed by atoms with van der Waals surface area (Å²) in [6.45, 7) is 0.442. The Morgan fingerprint density at radius 2 is 1.62 bits per heavy atom. The molecule has 166 valence electrons. The predicted octanol–water partition coefficient (Wildman–Crippen LogP) is 5.34. The van der Waals surface area contributed by atoms with Gasteiger partial charge in [-0.3, -0.25) is 0 Å². The zero-order valence-electron chi connectivity index (χ0n) is 18.7. The lowest BCUT2D eigenvalue weighted by Crippen LogP contribution is -2.05. The summed E-state index contributed by atoms with van der Waals surface area (Å²) in [5, 5.41) is 0. The van der Waals surface area contributed by atoms with Gasteiger partial charge in [0.2, 0.25) is 0 Å². The normalized spacial score (nSPS) is 14.5. The number of aryl methyl sites for hydroxylation is 1. The average molecular weight is 433 g/mol. The summed E-state index contributed by atoms with van der Waals surface area (Å²) >= 11 is 0. The van der Waals surface area contributed by atoms with Crippen LogP contribution in [0.15, 0.2) is 60.7 Å². The maximum absolute atomic E-state index is 11.6. The minimum atomic E-state index is -0.338. The molecule has 3 aromatic carbocycles. The van der Waals surface area contributed by atoms with Crippen molar-refractivity contribution in [2.75, 3.05) is 21.3 Å². The van der Waals surface area contributed by atoms with E-state index in [9.17, 15) is 4.79 Å². The van der Waals surface area contributed by atoms with Crippen molar-refractivity contribution in [1.29, 1.82) is 0 Å². The summed E-state index contributed by atoms with van der Waals surface area (Å²) < 4.78 is 21.9. The monoisotopic (exact) mass is 432 g/mol. The van der Waals surface area contributed by atoms with Crippen molar-refractivity contribution in [1.82, 2.24) is 0 Å². The highest BCUT2D eigenvalue weighted by Crippen LogP contribution is 2.42. The average Bonchev–Trinajstić information content (AvgIpc) is 3.25. The quantitative estimate of drug-likeness (QED) is 0.450. The third-order valence-corrected chi connectivity index (χ3v) is 5.99. The Morgan fingerprint density at radius 1 is 0.906 bits per heavy atom. The molecular weight excluding hydrogens is 404 g/mol. The van der Waals surface area contributed by atoms with Crippen LogP contribution >= 0.6 is 0 Å². The van der Waals surface area contributed by atoms with Crippen LogP contribution in [0.3, 0.4) is 0 Å². The van der Waals surface area contributed by atoms with Crippen molar-refractivity contribution in [3.63, 3.8) is 0 Å². The van der Waals surface area contributed by atoms with E-state index in [2.05, 4.69) is 24.3 Å². The van der Waals surface area contributed by atoms with E-state index in [0.29, 0.717) is 18.1 Å². The van der Waals surface area contributed by atoms with E-state index in [0.717, 1.165) is 42.1 Å². The van der Waals surface area contributed by atoms with Gasteiger partial charge < -0.3 is 18.9 Å². The van der Waals surface area contributed by atoms with Crippen LogP contribution in [0.2, 0.25) is 0 Å². The number of carbonyl (C=O) groups excluding carboxylic acids is 1. The molecule has 0 fully saturated rings. The zero-order chi connectivity index (χ0) is 22.5. The molecule has 5 nitrogen and oxygen atoms in total. The summed E-state index contributed by atoms with van der Waals surface area (Å²) in [4.78, 5) is 11.6. The van der Waals surface area contributed by atoms with E-state index >= 15 is 0 Å². The first kappa shape index (κ1) is 21.8. The number of rotatable bonds is 8. The van der Waals surface area contributed by atoms with Crippen molar-refractivity contribution in [2.24, 2.45) is 0 Å². The first-order chi connectivity index (χ1) is 15.6. The number of ether oxygens (including phenoxy) is 4. The van der Waals surface area contributed by atoms with Gasteiger partial charge in [-0.25, -0.2) is 4.79 Å². The van der Waals surface area contributed by atoms with Gasteiger partial charge in [0, 0.05) is 11.6 Å². The molecule has 1 atom stereocenters. The highest BCUT2D eigenvalue weighted by atomic mass is 16.5. The molecule has 0 radical (unpaired) electrons. The highest BCUT2D eigenvalue weighted by Gasteiger charge is 2.26. The van der Waals surface area contributed by atoms with Crippen molar-refractivity contribution < 1.29 is 23.7 Å². The summed E-state index contributed by atoms with van der Waals surface area (Å²) in [6.07, 6.45) is 3.03. The van der Waals surface area contributed by atoms with Crippen LogP contribution in [0.4, 0.5) is 0 Å². The molecule has 0 aromatic heterocycles. The first-order valence-electron chi connectivity index (χ1n) is 10.7. The predicted molar refractivity (Wildman–Crippen MR) is 123 cm³/mol. The second-order valence-corrected chi connectivity index (χ2v) is 7.97. The third kappa shape index (κ3) is 4.72. The molecule has 0 saturated carbocycles. The molecule has 1 aliphatic rings. The van der Waals surface area contributed by atoms with Gasteiger partial charge in [-0.1, -0.05) is 24.3 Å². The van der Waals surface area contributed by atoms with Crippen LogP contribution in [0.5, 0.6) is 17.2 Å². The minimum Gasteiger partial charge on any atom is -0.497 e. The Kier molecular flexibility index (Phi) is 6.64. The van der Waals surface area contributed by atoms with Crippen LogP contribution in [-0.4, -0.2) is 27.3 Å². The molecule has 0 saturated heterocycles. The van der Waals surface area contributed by atoms with E-state index < -0.39 is 0 Å². The van der Waals surface area contributed by atoms with Gasteiger partial charge in [-0.05, 0) is 72.2 Å². The zero-order valence-corrected chi connectivity index (χ0v) is 18.7. The first-order valence-corrected chi connectivity index (χ1v) is 10.7. The maximum Gasteiger partial charge on any atom is 0.337 e.